The fraction of sp³-hybridized carbons (Fsp3) is 0.632. The van der Waals surface area contributed by atoms with Crippen LogP contribution in [0.3, 0.4) is 0 Å². The van der Waals surface area contributed by atoms with E-state index in [-0.39, 0.29) is 5.75 Å². The normalized spacial score (nSPS) is 21.0. The molecule has 0 saturated carbocycles. The predicted molar refractivity (Wildman–Crippen MR) is 99.2 cm³/mol. The van der Waals surface area contributed by atoms with Gasteiger partial charge in [0.25, 0.3) is 0 Å². The average Bonchev–Trinajstić information content (AvgIpc) is 2.57. The maximum absolute atomic E-state index is 12.5. The lowest BCUT2D eigenvalue weighted by Gasteiger charge is -2.37. The number of ether oxygens (including phenoxy) is 2. The van der Waals surface area contributed by atoms with Crippen molar-refractivity contribution in [2.24, 2.45) is 16.8 Å². The van der Waals surface area contributed by atoms with Gasteiger partial charge >= 0.3 is 6.61 Å². The number of benzene rings is 1. The molecule has 0 amide bonds. The molecule has 2 unspecified atom stereocenters. The van der Waals surface area contributed by atoms with E-state index < -0.39 is 6.61 Å². The van der Waals surface area contributed by atoms with E-state index >= 15 is 0 Å². The number of halogens is 2. The predicted octanol–water partition coefficient (Wildman–Crippen LogP) is 3.39. The molecule has 1 aliphatic rings. The zero-order valence-electron chi connectivity index (χ0n) is 16.0. The summed E-state index contributed by atoms with van der Waals surface area (Å²) in [6.07, 6.45) is 1.91. The van der Waals surface area contributed by atoms with Crippen molar-refractivity contribution in [2.75, 3.05) is 33.8 Å². The van der Waals surface area contributed by atoms with Crippen molar-refractivity contribution in [3.8, 4) is 11.5 Å². The van der Waals surface area contributed by atoms with Gasteiger partial charge in [-0.05, 0) is 42.4 Å². The van der Waals surface area contributed by atoms with Gasteiger partial charge in [-0.1, -0.05) is 19.9 Å². The van der Waals surface area contributed by atoms with E-state index in [1.165, 1.54) is 13.5 Å². The third kappa shape index (κ3) is 5.75. The van der Waals surface area contributed by atoms with Crippen molar-refractivity contribution in [1.82, 2.24) is 10.2 Å². The van der Waals surface area contributed by atoms with Gasteiger partial charge < -0.3 is 19.7 Å². The van der Waals surface area contributed by atoms with Crippen LogP contribution in [0.4, 0.5) is 8.78 Å². The third-order valence-electron chi connectivity index (χ3n) is 4.52. The van der Waals surface area contributed by atoms with Crippen LogP contribution >= 0.6 is 0 Å². The SMILES string of the molecule is CN=C(NCCc1ccc(OC)c(OC(F)F)c1)N1CC(C)CC(C)C1. The summed E-state index contributed by atoms with van der Waals surface area (Å²) in [5, 5.41) is 3.37. The Balaban J connectivity index is 1.93. The molecule has 1 fully saturated rings. The summed E-state index contributed by atoms with van der Waals surface area (Å²) in [5.74, 6) is 2.54. The van der Waals surface area contributed by atoms with Gasteiger partial charge in [-0.15, -0.1) is 0 Å². The Morgan fingerprint density at radius 3 is 2.54 bits per heavy atom. The number of nitrogens with one attached hydrogen (secondary N) is 1. The summed E-state index contributed by atoms with van der Waals surface area (Å²) in [6, 6.07) is 5.10. The van der Waals surface area contributed by atoms with Crippen molar-refractivity contribution in [2.45, 2.75) is 33.3 Å². The van der Waals surface area contributed by atoms with Crippen LogP contribution in [-0.4, -0.2) is 51.3 Å². The number of nitrogens with zero attached hydrogens (tertiary/aromatic N) is 2. The van der Waals surface area contributed by atoms with Gasteiger partial charge in [0.1, 0.15) is 0 Å². The summed E-state index contributed by atoms with van der Waals surface area (Å²) in [5.41, 5.74) is 0.893. The Hall–Kier alpha value is -2.05. The minimum Gasteiger partial charge on any atom is -0.493 e. The summed E-state index contributed by atoms with van der Waals surface area (Å²) < 4.78 is 34.7. The summed E-state index contributed by atoms with van der Waals surface area (Å²) >= 11 is 0. The van der Waals surface area contributed by atoms with Crippen LogP contribution in [0, 0.1) is 11.8 Å². The van der Waals surface area contributed by atoms with Crippen LogP contribution in [0.2, 0.25) is 0 Å². The van der Waals surface area contributed by atoms with Crippen LogP contribution in [0.25, 0.3) is 0 Å². The van der Waals surface area contributed by atoms with E-state index in [9.17, 15) is 8.78 Å². The molecule has 0 aromatic heterocycles. The van der Waals surface area contributed by atoms with Crippen LogP contribution in [0.15, 0.2) is 23.2 Å². The highest BCUT2D eigenvalue weighted by molar-refractivity contribution is 5.80. The van der Waals surface area contributed by atoms with Crippen molar-refractivity contribution >= 4 is 5.96 Å². The summed E-state index contributed by atoms with van der Waals surface area (Å²) in [6.45, 7) is 4.30. The summed E-state index contributed by atoms with van der Waals surface area (Å²) in [7, 11) is 3.22. The quantitative estimate of drug-likeness (QED) is 0.617. The fourth-order valence-electron chi connectivity index (χ4n) is 3.55. The fourth-order valence-corrected chi connectivity index (χ4v) is 3.55. The molecule has 2 atom stereocenters. The second-order valence-electron chi connectivity index (χ2n) is 6.94. The lowest BCUT2D eigenvalue weighted by atomic mass is 9.92. The van der Waals surface area contributed by atoms with Gasteiger partial charge in [-0.3, -0.25) is 4.99 Å². The molecule has 1 heterocycles. The van der Waals surface area contributed by atoms with Crippen LogP contribution in [0.1, 0.15) is 25.8 Å². The zero-order chi connectivity index (χ0) is 19.1. The molecule has 1 aliphatic heterocycles. The molecule has 5 nitrogen and oxygen atoms in total. The largest absolute Gasteiger partial charge is 0.493 e. The lowest BCUT2D eigenvalue weighted by molar-refractivity contribution is -0.0512. The van der Waals surface area contributed by atoms with Crippen molar-refractivity contribution in [3.05, 3.63) is 23.8 Å². The topological polar surface area (TPSA) is 46.1 Å². The Labute approximate surface area is 154 Å². The van der Waals surface area contributed by atoms with Crippen LogP contribution < -0.4 is 14.8 Å². The zero-order valence-corrected chi connectivity index (χ0v) is 16.0. The number of methoxy groups -OCH3 is 1. The monoisotopic (exact) mass is 369 g/mol. The molecule has 26 heavy (non-hydrogen) atoms. The standard InChI is InChI=1S/C19H29F2N3O2/c1-13-9-14(2)12-24(11-13)19(22-3)23-8-7-15-5-6-16(25-4)17(10-15)26-18(20)21/h5-6,10,13-14,18H,7-9,11-12H2,1-4H3,(H,22,23). The molecule has 0 bridgehead atoms. The maximum Gasteiger partial charge on any atom is 0.387 e. The first-order valence-corrected chi connectivity index (χ1v) is 9.00. The van der Waals surface area contributed by atoms with Crippen molar-refractivity contribution < 1.29 is 18.3 Å². The third-order valence-corrected chi connectivity index (χ3v) is 4.52. The second-order valence-corrected chi connectivity index (χ2v) is 6.94. The van der Waals surface area contributed by atoms with Crippen LogP contribution in [-0.2, 0) is 6.42 Å². The molecule has 1 saturated heterocycles. The first-order valence-electron chi connectivity index (χ1n) is 9.00. The van der Waals surface area contributed by atoms with Crippen molar-refractivity contribution in [3.63, 3.8) is 0 Å². The first kappa shape index (κ1) is 20.3. The molecule has 2 rings (SSSR count). The Morgan fingerprint density at radius 2 is 1.96 bits per heavy atom. The van der Waals surface area contributed by atoms with Gasteiger partial charge in [-0.25, -0.2) is 0 Å². The number of guanidine groups is 1. The minimum atomic E-state index is -2.88. The van der Waals surface area contributed by atoms with Gasteiger partial charge in [0.05, 0.1) is 7.11 Å². The Bertz CT molecular complexity index is 600. The average molecular weight is 369 g/mol. The number of piperidine rings is 1. The molecule has 1 aromatic rings. The first-order chi connectivity index (χ1) is 12.4. The highest BCUT2D eigenvalue weighted by Gasteiger charge is 2.23. The number of hydrogen-bond acceptors (Lipinski definition) is 3. The Kier molecular flexibility index (Phi) is 7.48. The number of alkyl halides is 2. The van der Waals surface area contributed by atoms with Gasteiger partial charge in [0.2, 0.25) is 0 Å². The van der Waals surface area contributed by atoms with E-state index in [1.807, 2.05) is 6.07 Å². The van der Waals surface area contributed by atoms with E-state index in [4.69, 9.17) is 4.74 Å². The highest BCUT2D eigenvalue weighted by Crippen LogP contribution is 2.29. The van der Waals surface area contributed by atoms with Crippen LogP contribution in [0.5, 0.6) is 11.5 Å². The minimum absolute atomic E-state index is 0.0584. The molecule has 7 heteroatoms. The Morgan fingerprint density at radius 1 is 1.27 bits per heavy atom. The second kappa shape index (κ2) is 9.59. The number of rotatable bonds is 6. The molecule has 1 aromatic carbocycles. The van der Waals surface area contributed by atoms with Gasteiger partial charge in [-0.2, -0.15) is 8.78 Å². The van der Waals surface area contributed by atoms with E-state index in [0.29, 0.717) is 30.6 Å². The molecule has 0 aliphatic carbocycles. The van der Waals surface area contributed by atoms with Gasteiger partial charge in [0, 0.05) is 26.7 Å². The smallest absolute Gasteiger partial charge is 0.387 e. The highest BCUT2D eigenvalue weighted by atomic mass is 19.3. The van der Waals surface area contributed by atoms with E-state index in [2.05, 4.69) is 33.8 Å². The lowest BCUT2D eigenvalue weighted by Crippen LogP contribution is -2.48. The molecular formula is C19H29F2N3O2. The molecular weight excluding hydrogens is 340 g/mol. The number of aliphatic imine (C=N–C) groups is 1. The summed E-state index contributed by atoms with van der Waals surface area (Å²) in [4.78, 5) is 6.67. The van der Waals surface area contributed by atoms with Gasteiger partial charge in [0.15, 0.2) is 17.5 Å². The number of hydrogen-bond donors (Lipinski definition) is 1. The molecule has 1 N–H and O–H groups in total. The maximum atomic E-state index is 12.5. The van der Waals surface area contributed by atoms with E-state index in [1.54, 1.807) is 19.2 Å². The van der Waals surface area contributed by atoms with E-state index in [0.717, 1.165) is 24.6 Å². The number of likely N-dealkylation sites (tertiary alicyclic amines) is 1. The van der Waals surface area contributed by atoms with Crippen molar-refractivity contribution in [1.29, 1.82) is 0 Å². The molecule has 0 spiro atoms. The molecule has 0 radical (unpaired) electrons. The molecule has 146 valence electrons.